The second kappa shape index (κ2) is 5.76. The van der Waals surface area contributed by atoms with Crippen LogP contribution in [0.15, 0.2) is 41.3 Å². The average molecular weight is 294 g/mol. The van der Waals surface area contributed by atoms with Crippen LogP contribution < -0.4 is 5.32 Å². The average Bonchev–Trinajstić information content (AvgIpc) is 2.39. The van der Waals surface area contributed by atoms with Crippen molar-refractivity contribution in [2.75, 3.05) is 18.4 Å². The molecule has 1 aliphatic heterocycles. The molecule has 1 aliphatic rings. The summed E-state index contributed by atoms with van der Waals surface area (Å²) in [7, 11) is -3.45. The number of rotatable bonds is 3. The first kappa shape index (κ1) is 14.7. The lowest BCUT2D eigenvalue weighted by atomic mass is 10.1. The third-order valence-corrected chi connectivity index (χ3v) is 5.15. The Morgan fingerprint density at radius 1 is 1.20 bits per heavy atom. The summed E-state index contributed by atoms with van der Waals surface area (Å²) in [4.78, 5) is 11.2. The highest BCUT2D eigenvalue weighted by molar-refractivity contribution is 7.89. The number of carbonyl (C=O) groups is 1. The van der Waals surface area contributed by atoms with E-state index in [1.807, 2.05) is 0 Å². The van der Waals surface area contributed by atoms with Gasteiger partial charge in [-0.15, -0.1) is 0 Å². The molecular formula is C14H18N2O3S. The molecule has 0 bridgehead atoms. The van der Waals surface area contributed by atoms with Crippen LogP contribution >= 0.6 is 0 Å². The molecule has 0 spiro atoms. The topological polar surface area (TPSA) is 66.5 Å². The molecule has 108 valence electrons. The highest BCUT2D eigenvalue weighted by Gasteiger charge is 2.26. The van der Waals surface area contributed by atoms with Crippen molar-refractivity contribution >= 4 is 21.6 Å². The van der Waals surface area contributed by atoms with Crippen LogP contribution in [0.1, 0.15) is 19.8 Å². The Bertz CT molecular complexity index is 610. The summed E-state index contributed by atoms with van der Waals surface area (Å²) in [5, 5.41) is 2.61. The number of hydrogen-bond donors (Lipinski definition) is 1. The first-order chi connectivity index (χ1) is 9.39. The van der Waals surface area contributed by atoms with Crippen molar-refractivity contribution in [3.63, 3.8) is 0 Å². The van der Waals surface area contributed by atoms with E-state index in [4.69, 9.17) is 0 Å². The number of nitrogens with zero attached hydrogens (tertiary/aromatic N) is 1. The van der Waals surface area contributed by atoms with Crippen molar-refractivity contribution in [3.05, 3.63) is 36.4 Å². The normalized spacial score (nSPS) is 16.9. The number of benzene rings is 1. The second-order valence-corrected chi connectivity index (χ2v) is 6.80. The second-order valence-electron chi connectivity index (χ2n) is 4.86. The van der Waals surface area contributed by atoms with E-state index >= 15 is 0 Å². The fourth-order valence-electron chi connectivity index (χ4n) is 2.11. The molecule has 1 aromatic rings. The number of anilines is 1. The first-order valence-corrected chi connectivity index (χ1v) is 7.88. The van der Waals surface area contributed by atoms with Crippen molar-refractivity contribution in [3.8, 4) is 0 Å². The van der Waals surface area contributed by atoms with Crippen LogP contribution in [0.4, 0.5) is 5.69 Å². The zero-order chi connectivity index (χ0) is 14.8. The van der Waals surface area contributed by atoms with Crippen LogP contribution in [0.25, 0.3) is 0 Å². The van der Waals surface area contributed by atoms with Gasteiger partial charge < -0.3 is 5.32 Å². The third kappa shape index (κ3) is 3.26. The van der Waals surface area contributed by atoms with Crippen LogP contribution in [0, 0.1) is 0 Å². The highest BCUT2D eigenvalue weighted by atomic mass is 32.2. The maximum Gasteiger partial charge on any atom is 0.243 e. The van der Waals surface area contributed by atoms with Gasteiger partial charge in [-0.3, -0.25) is 4.79 Å². The van der Waals surface area contributed by atoms with E-state index in [0.29, 0.717) is 31.6 Å². The zero-order valence-corrected chi connectivity index (χ0v) is 12.2. The minimum absolute atomic E-state index is 0.185. The lowest BCUT2D eigenvalue weighted by Crippen LogP contribution is -2.36. The Morgan fingerprint density at radius 2 is 1.75 bits per heavy atom. The summed E-state index contributed by atoms with van der Waals surface area (Å²) in [5.74, 6) is -0.185. The third-order valence-electron chi connectivity index (χ3n) is 3.24. The van der Waals surface area contributed by atoms with Gasteiger partial charge in [0, 0.05) is 25.7 Å². The van der Waals surface area contributed by atoms with Gasteiger partial charge in [0.1, 0.15) is 0 Å². The highest BCUT2D eigenvalue weighted by Crippen LogP contribution is 2.23. The van der Waals surface area contributed by atoms with E-state index in [-0.39, 0.29) is 10.8 Å². The van der Waals surface area contributed by atoms with E-state index in [9.17, 15) is 13.2 Å². The number of nitrogens with one attached hydrogen (secondary N) is 1. The van der Waals surface area contributed by atoms with E-state index < -0.39 is 10.0 Å². The van der Waals surface area contributed by atoms with E-state index in [1.54, 1.807) is 12.1 Å². The standard InChI is InChI=1S/C14H18N2O3S/c1-11-7-9-16(10-8-11)20(18,19)14-5-3-13(4-6-14)15-12(2)17/h3-6H,1,7-10H2,2H3,(H,15,17). The molecule has 6 heteroatoms. The molecule has 20 heavy (non-hydrogen) atoms. The lowest BCUT2D eigenvalue weighted by molar-refractivity contribution is -0.114. The number of carbonyl (C=O) groups excluding carboxylic acids is 1. The predicted octanol–water partition coefficient (Wildman–Crippen LogP) is 1.99. The number of amides is 1. The summed E-state index contributed by atoms with van der Waals surface area (Å²) < 4.78 is 26.4. The molecular weight excluding hydrogens is 276 g/mol. The Hall–Kier alpha value is -1.66. The molecule has 1 N–H and O–H groups in total. The van der Waals surface area contributed by atoms with Gasteiger partial charge in [0.2, 0.25) is 15.9 Å². The molecule has 0 unspecified atom stereocenters. The Morgan fingerprint density at radius 3 is 2.25 bits per heavy atom. The minimum atomic E-state index is -3.45. The summed E-state index contributed by atoms with van der Waals surface area (Å²) in [6.07, 6.45) is 1.42. The van der Waals surface area contributed by atoms with Crippen LogP contribution in [0.3, 0.4) is 0 Å². The molecule has 1 saturated heterocycles. The van der Waals surface area contributed by atoms with Gasteiger partial charge in [0.25, 0.3) is 0 Å². The van der Waals surface area contributed by atoms with Crippen molar-refractivity contribution in [2.45, 2.75) is 24.7 Å². The van der Waals surface area contributed by atoms with Gasteiger partial charge in [-0.1, -0.05) is 12.2 Å². The fourth-order valence-corrected chi connectivity index (χ4v) is 3.55. The summed E-state index contributed by atoms with van der Waals surface area (Å²) in [6.45, 7) is 6.25. The van der Waals surface area contributed by atoms with Gasteiger partial charge in [-0.2, -0.15) is 4.31 Å². The van der Waals surface area contributed by atoms with Gasteiger partial charge in [-0.25, -0.2) is 8.42 Å². The van der Waals surface area contributed by atoms with Crippen molar-refractivity contribution < 1.29 is 13.2 Å². The SMILES string of the molecule is C=C1CCN(S(=O)(=O)c2ccc(NC(C)=O)cc2)CC1. The zero-order valence-electron chi connectivity index (χ0n) is 11.4. The molecule has 0 atom stereocenters. The summed E-state index contributed by atoms with van der Waals surface area (Å²) in [6, 6.07) is 6.22. The van der Waals surface area contributed by atoms with E-state index in [0.717, 1.165) is 5.57 Å². The molecule has 0 saturated carbocycles. The molecule has 0 aromatic heterocycles. The maximum absolute atomic E-state index is 12.4. The van der Waals surface area contributed by atoms with Gasteiger partial charge in [-0.05, 0) is 37.1 Å². The van der Waals surface area contributed by atoms with Crippen LogP contribution in [0.2, 0.25) is 0 Å². The van der Waals surface area contributed by atoms with Crippen LogP contribution in [-0.2, 0) is 14.8 Å². The monoisotopic (exact) mass is 294 g/mol. The van der Waals surface area contributed by atoms with E-state index in [1.165, 1.54) is 23.4 Å². The van der Waals surface area contributed by atoms with Crippen LogP contribution in [0.5, 0.6) is 0 Å². The minimum Gasteiger partial charge on any atom is -0.326 e. The lowest BCUT2D eigenvalue weighted by Gasteiger charge is -2.27. The molecule has 0 aliphatic carbocycles. The molecule has 2 rings (SSSR count). The number of sulfonamides is 1. The van der Waals surface area contributed by atoms with Crippen LogP contribution in [-0.4, -0.2) is 31.7 Å². The Labute approximate surface area is 119 Å². The van der Waals surface area contributed by atoms with Crippen molar-refractivity contribution in [2.24, 2.45) is 0 Å². The summed E-state index contributed by atoms with van der Waals surface area (Å²) in [5.41, 5.74) is 1.68. The van der Waals surface area contributed by atoms with Gasteiger partial charge in [0.05, 0.1) is 4.90 Å². The number of piperidine rings is 1. The molecule has 5 nitrogen and oxygen atoms in total. The largest absolute Gasteiger partial charge is 0.326 e. The fraction of sp³-hybridized carbons (Fsp3) is 0.357. The van der Waals surface area contributed by atoms with E-state index in [2.05, 4.69) is 11.9 Å². The predicted molar refractivity (Wildman–Crippen MR) is 77.9 cm³/mol. The van der Waals surface area contributed by atoms with Crippen molar-refractivity contribution in [1.29, 1.82) is 0 Å². The molecule has 1 aromatic carbocycles. The smallest absolute Gasteiger partial charge is 0.243 e. The molecule has 1 heterocycles. The van der Waals surface area contributed by atoms with Gasteiger partial charge in [0.15, 0.2) is 0 Å². The number of hydrogen-bond acceptors (Lipinski definition) is 3. The molecule has 1 amide bonds. The van der Waals surface area contributed by atoms with Gasteiger partial charge >= 0.3 is 0 Å². The first-order valence-electron chi connectivity index (χ1n) is 6.44. The molecule has 0 radical (unpaired) electrons. The quantitative estimate of drug-likeness (QED) is 0.867. The Kier molecular flexibility index (Phi) is 4.25. The van der Waals surface area contributed by atoms with Crippen molar-refractivity contribution in [1.82, 2.24) is 4.31 Å². The Balaban J connectivity index is 2.17. The summed E-state index contributed by atoms with van der Waals surface area (Å²) >= 11 is 0. The maximum atomic E-state index is 12.4. The molecule has 1 fully saturated rings.